The molecule has 33 heavy (non-hydrogen) atoms. The van der Waals surface area contributed by atoms with Crippen molar-refractivity contribution in [2.24, 2.45) is 0 Å². The number of imidazole rings is 2. The molecule has 2 fully saturated rings. The van der Waals surface area contributed by atoms with E-state index < -0.39 is 37.9 Å². The van der Waals surface area contributed by atoms with Crippen LogP contribution in [-0.4, -0.2) is 60.2 Å². The van der Waals surface area contributed by atoms with Gasteiger partial charge in [-0.1, -0.05) is 42.1 Å². The highest BCUT2D eigenvalue weighted by Crippen LogP contribution is 2.50. The molecule has 4 aromatic rings. The topological polar surface area (TPSA) is 156 Å². The van der Waals surface area contributed by atoms with Crippen molar-refractivity contribution >= 4 is 36.5 Å². The number of nitrogens with zero attached hydrogens (tertiary/aromatic N) is 4. The molecule has 2 N–H and O–H groups in total. The Kier molecular flexibility index (Phi) is 4.79. The summed E-state index contributed by atoms with van der Waals surface area (Å²) in [5.74, 6) is 0.286. The summed E-state index contributed by atoms with van der Waals surface area (Å²) in [6.07, 6.45) is -0.967. The largest absolute Gasteiger partial charge is 0.756 e. The van der Waals surface area contributed by atoms with Crippen molar-refractivity contribution in [3.8, 4) is 11.3 Å². The molecule has 1 aromatic carbocycles. The molecule has 0 saturated carbocycles. The molecular weight excluding hydrogens is 473 g/mol. The van der Waals surface area contributed by atoms with Gasteiger partial charge in [0.25, 0.3) is 13.4 Å². The van der Waals surface area contributed by atoms with Crippen LogP contribution in [0.5, 0.6) is 0 Å². The third kappa shape index (κ3) is 3.28. The third-order valence-corrected chi connectivity index (χ3v) is 7.32. The molecule has 3 unspecified atom stereocenters. The van der Waals surface area contributed by atoms with Gasteiger partial charge >= 0.3 is 0 Å². The van der Waals surface area contributed by atoms with Gasteiger partial charge in [-0.2, -0.15) is 4.98 Å². The summed E-state index contributed by atoms with van der Waals surface area (Å²) < 4.78 is 30.1. The minimum atomic E-state index is -4.53. The second-order valence-electron chi connectivity index (χ2n) is 7.65. The van der Waals surface area contributed by atoms with Crippen LogP contribution in [-0.2, 0) is 18.3 Å². The molecule has 5 atom stereocenters. The maximum Gasteiger partial charge on any atom is 0.287 e. The average Bonchev–Trinajstić information content (AvgIpc) is 3.48. The van der Waals surface area contributed by atoms with Crippen LogP contribution in [0.15, 0.2) is 46.5 Å². The first kappa shape index (κ1) is 21.1. The zero-order valence-electron chi connectivity index (χ0n) is 17.0. The Hall–Kier alpha value is -2.51. The van der Waals surface area contributed by atoms with Gasteiger partial charge in [-0.05, 0) is 11.8 Å². The van der Waals surface area contributed by atoms with Crippen LogP contribution in [0.1, 0.15) is 6.23 Å². The molecule has 172 valence electrons. The molecular formula is C19H17N5O7PS-. The van der Waals surface area contributed by atoms with E-state index >= 15 is 0 Å². The standard InChI is InChI=1S/C19H18N5O7PS/c1-33-19-21-12-15(24(19)17-13(25)14-11(30-17)8-29-32(27,28)31-14)22-18-20-10(7-23(18)16(12)26)9-5-3-2-4-6-9/h2-7,11,13-14,17,25H,8H2,1H3,(H,20,22)(H,27,28)/p-1/t11?,13?,14-,17-/m1/s1. The number of phosphoric ester groups is 1. The molecule has 0 amide bonds. The second-order valence-corrected chi connectivity index (χ2v) is 9.79. The lowest BCUT2D eigenvalue weighted by molar-refractivity contribution is -0.245. The summed E-state index contributed by atoms with van der Waals surface area (Å²) in [5, 5.41) is 11.2. The smallest absolute Gasteiger partial charge is 0.287 e. The van der Waals surface area contributed by atoms with Crippen LogP contribution < -0.4 is 10.5 Å². The van der Waals surface area contributed by atoms with Crippen molar-refractivity contribution < 1.29 is 28.3 Å². The van der Waals surface area contributed by atoms with E-state index in [1.54, 1.807) is 12.5 Å². The van der Waals surface area contributed by atoms with Gasteiger partial charge in [-0.15, -0.1) is 0 Å². The van der Waals surface area contributed by atoms with Gasteiger partial charge in [0.05, 0.1) is 12.3 Å². The molecule has 0 aliphatic carbocycles. The van der Waals surface area contributed by atoms with E-state index in [0.29, 0.717) is 10.9 Å². The number of aliphatic hydroxyl groups is 1. The number of aliphatic hydroxyl groups excluding tert-OH is 1. The van der Waals surface area contributed by atoms with Crippen molar-refractivity contribution in [1.29, 1.82) is 0 Å². The first-order valence-electron chi connectivity index (χ1n) is 9.96. The Balaban J connectivity index is 1.50. The number of nitrogens with one attached hydrogen (secondary N) is 1. The maximum absolute atomic E-state index is 13.2. The minimum absolute atomic E-state index is 0.0906. The van der Waals surface area contributed by atoms with Crippen LogP contribution in [0.2, 0.25) is 0 Å². The predicted molar refractivity (Wildman–Crippen MR) is 115 cm³/mol. The van der Waals surface area contributed by atoms with E-state index in [4.69, 9.17) is 13.8 Å². The molecule has 2 saturated heterocycles. The van der Waals surface area contributed by atoms with Gasteiger partial charge in [-0.25, -0.2) is 9.38 Å². The summed E-state index contributed by atoms with van der Waals surface area (Å²) in [7, 11) is -4.53. The number of hydrogen-bond donors (Lipinski definition) is 2. The number of ether oxygens (including phenoxy) is 1. The molecule has 2 aliphatic rings. The highest BCUT2D eigenvalue weighted by atomic mass is 32.2. The van der Waals surface area contributed by atoms with Crippen molar-refractivity contribution in [1.82, 2.24) is 23.9 Å². The van der Waals surface area contributed by atoms with E-state index in [1.165, 1.54) is 20.7 Å². The van der Waals surface area contributed by atoms with E-state index in [1.807, 2.05) is 30.3 Å². The summed E-state index contributed by atoms with van der Waals surface area (Å²) in [6.45, 7) is -0.280. The Morgan fingerprint density at radius 2 is 2.09 bits per heavy atom. The van der Waals surface area contributed by atoms with Gasteiger partial charge in [0, 0.05) is 6.20 Å². The van der Waals surface area contributed by atoms with E-state index in [-0.39, 0.29) is 23.5 Å². The number of benzene rings is 1. The zero-order valence-corrected chi connectivity index (χ0v) is 18.7. The SMILES string of the molecule is CSc1nc2c(=O)n3cc(-c4ccccc4)[nH]c3nc2n1[C@@H]1OC2COP(=O)([O-])O[C@H]2C1O. The fourth-order valence-corrected chi connectivity index (χ4v) is 5.71. The van der Waals surface area contributed by atoms with E-state index in [0.717, 1.165) is 5.56 Å². The number of hydrogen-bond acceptors (Lipinski definition) is 10. The molecule has 14 heteroatoms. The summed E-state index contributed by atoms with van der Waals surface area (Å²) in [6, 6.07) is 9.48. The Bertz CT molecular complexity index is 1480. The van der Waals surface area contributed by atoms with Crippen molar-refractivity contribution in [2.45, 2.75) is 29.7 Å². The van der Waals surface area contributed by atoms with Crippen LogP contribution in [0.25, 0.3) is 28.2 Å². The van der Waals surface area contributed by atoms with Gasteiger partial charge in [0.15, 0.2) is 22.5 Å². The number of phosphoric acid groups is 1. The van der Waals surface area contributed by atoms with Gasteiger partial charge in [0.1, 0.15) is 18.3 Å². The number of rotatable bonds is 3. The molecule has 0 radical (unpaired) electrons. The Labute approximate surface area is 189 Å². The molecule has 0 bridgehead atoms. The van der Waals surface area contributed by atoms with E-state index in [9.17, 15) is 19.4 Å². The predicted octanol–water partition coefficient (Wildman–Crippen LogP) is 0.903. The number of aromatic amines is 1. The molecule has 6 rings (SSSR count). The first-order chi connectivity index (χ1) is 15.9. The van der Waals surface area contributed by atoms with E-state index in [2.05, 4.69) is 15.0 Å². The van der Waals surface area contributed by atoms with Crippen LogP contribution >= 0.6 is 19.6 Å². The normalized spacial score (nSPS) is 29.7. The number of aromatic nitrogens is 5. The van der Waals surface area contributed by atoms with Crippen molar-refractivity contribution in [3.05, 3.63) is 46.9 Å². The van der Waals surface area contributed by atoms with Gasteiger partial charge in [-0.3, -0.25) is 13.9 Å². The summed E-state index contributed by atoms with van der Waals surface area (Å²) in [5.41, 5.74) is 1.47. The van der Waals surface area contributed by atoms with Crippen LogP contribution in [0.3, 0.4) is 0 Å². The van der Waals surface area contributed by atoms with Crippen LogP contribution in [0.4, 0.5) is 0 Å². The van der Waals surface area contributed by atoms with Crippen LogP contribution in [0, 0.1) is 0 Å². The lowest BCUT2D eigenvalue weighted by Gasteiger charge is -2.34. The summed E-state index contributed by atoms with van der Waals surface area (Å²) >= 11 is 1.23. The molecule has 12 nitrogen and oxygen atoms in total. The molecule has 2 aliphatic heterocycles. The fraction of sp³-hybridized carbons (Fsp3) is 0.316. The number of H-pyrrole nitrogens is 1. The van der Waals surface area contributed by atoms with Gasteiger partial charge < -0.3 is 28.8 Å². The second kappa shape index (κ2) is 7.50. The van der Waals surface area contributed by atoms with Crippen molar-refractivity contribution in [3.63, 3.8) is 0 Å². The summed E-state index contributed by atoms with van der Waals surface area (Å²) in [4.78, 5) is 37.1. The molecule has 0 spiro atoms. The minimum Gasteiger partial charge on any atom is -0.756 e. The Morgan fingerprint density at radius 1 is 1.30 bits per heavy atom. The monoisotopic (exact) mass is 490 g/mol. The molecule has 3 aromatic heterocycles. The number of thioether (sulfide) groups is 1. The highest BCUT2D eigenvalue weighted by Gasteiger charge is 2.51. The lowest BCUT2D eigenvalue weighted by atomic mass is 10.1. The zero-order chi connectivity index (χ0) is 22.9. The van der Waals surface area contributed by atoms with Crippen molar-refractivity contribution in [2.75, 3.05) is 12.9 Å². The Morgan fingerprint density at radius 3 is 2.85 bits per heavy atom. The maximum atomic E-state index is 13.2. The van der Waals surface area contributed by atoms with Gasteiger partial charge in [0.2, 0.25) is 5.78 Å². The first-order valence-corrected chi connectivity index (χ1v) is 12.6. The number of fused-ring (bicyclic) bond motifs is 3. The lowest BCUT2D eigenvalue weighted by Crippen LogP contribution is -2.41. The average molecular weight is 490 g/mol. The molecule has 5 heterocycles. The quantitative estimate of drug-likeness (QED) is 0.312. The highest BCUT2D eigenvalue weighted by molar-refractivity contribution is 7.98. The third-order valence-electron chi connectivity index (χ3n) is 5.70. The fourth-order valence-electron chi connectivity index (χ4n) is 4.19.